The normalized spacial score (nSPS) is 15.2. The van der Waals surface area contributed by atoms with Crippen molar-refractivity contribution in [1.29, 1.82) is 0 Å². The molecule has 0 radical (unpaired) electrons. The number of hydrogen-bond donors (Lipinski definition) is 1. The van der Waals surface area contributed by atoms with Crippen molar-refractivity contribution in [3.63, 3.8) is 0 Å². The highest BCUT2D eigenvalue weighted by atomic mass is 35.5. The topological polar surface area (TPSA) is 79.7 Å². The lowest BCUT2D eigenvalue weighted by Crippen LogP contribution is -2.48. The second kappa shape index (κ2) is 10.0. The van der Waals surface area contributed by atoms with Crippen LogP contribution in [0.1, 0.15) is 22.8 Å². The van der Waals surface area contributed by atoms with Crippen molar-refractivity contribution < 1.29 is 18.7 Å². The number of nitrogens with zero attached hydrogens (tertiary/aromatic N) is 4. The van der Waals surface area contributed by atoms with Crippen molar-refractivity contribution in [2.45, 2.75) is 13.5 Å². The predicted molar refractivity (Wildman–Crippen MR) is 111 cm³/mol. The van der Waals surface area contributed by atoms with Crippen LogP contribution < -0.4 is 5.32 Å². The molecule has 1 amide bonds. The molecule has 0 atom stereocenters. The number of carbonyl (C=O) groups is 2. The van der Waals surface area contributed by atoms with Crippen LogP contribution in [0.5, 0.6) is 0 Å². The highest BCUT2D eigenvalue weighted by Gasteiger charge is 2.23. The van der Waals surface area contributed by atoms with Gasteiger partial charge in [0, 0.05) is 44.8 Å². The number of aryl methyl sites for hydroxylation is 1. The molecular weight excluding hydrogens is 413 g/mol. The maximum Gasteiger partial charge on any atom is 0.343 e. The quantitative estimate of drug-likeness (QED) is 0.668. The van der Waals surface area contributed by atoms with Crippen LogP contribution in [0.2, 0.25) is 5.02 Å². The molecule has 0 saturated carbocycles. The summed E-state index contributed by atoms with van der Waals surface area (Å²) in [5.41, 5.74) is 1.11. The van der Waals surface area contributed by atoms with Crippen LogP contribution >= 0.6 is 11.6 Å². The molecule has 10 heteroatoms. The summed E-state index contributed by atoms with van der Waals surface area (Å²) in [5.74, 6) is -0.768. The van der Waals surface area contributed by atoms with Gasteiger partial charge < -0.3 is 10.1 Å². The Morgan fingerprint density at radius 2 is 1.93 bits per heavy atom. The fourth-order valence-corrected chi connectivity index (χ4v) is 3.54. The molecule has 1 aliphatic heterocycles. The number of esters is 1. The van der Waals surface area contributed by atoms with E-state index in [1.807, 2.05) is 4.90 Å². The Morgan fingerprint density at radius 3 is 2.60 bits per heavy atom. The highest BCUT2D eigenvalue weighted by Crippen LogP contribution is 2.20. The number of rotatable bonds is 7. The fraction of sp³-hybridized carbons (Fsp3) is 0.450. The van der Waals surface area contributed by atoms with Crippen LogP contribution in [0, 0.1) is 5.82 Å². The molecule has 0 aliphatic carbocycles. The van der Waals surface area contributed by atoms with Crippen LogP contribution in [0.3, 0.4) is 0 Å². The Bertz CT molecular complexity index is 912. The van der Waals surface area contributed by atoms with Gasteiger partial charge in [-0.05, 0) is 24.6 Å². The summed E-state index contributed by atoms with van der Waals surface area (Å²) < 4.78 is 19.6. The lowest BCUT2D eigenvalue weighted by molar-refractivity contribution is -0.117. The Kier molecular flexibility index (Phi) is 7.41. The number of amides is 1. The first kappa shape index (κ1) is 22.2. The van der Waals surface area contributed by atoms with Crippen molar-refractivity contribution in [2.24, 2.45) is 7.05 Å². The molecule has 1 aromatic carbocycles. The van der Waals surface area contributed by atoms with Gasteiger partial charge in [0.15, 0.2) is 0 Å². The molecule has 1 fully saturated rings. The summed E-state index contributed by atoms with van der Waals surface area (Å²) in [5, 5.41) is 7.21. The zero-order valence-corrected chi connectivity index (χ0v) is 17.8. The highest BCUT2D eigenvalue weighted by molar-refractivity contribution is 6.31. The van der Waals surface area contributed by atoms with Gasteiger partial charge in [-0.25, -0.2) is 9.18 Å². The van der Waals surface area contributed by atoms with Crippen molar-refractivity contribution in [2.75, 3.05) is 44.6 Å². The molecule has 1 saturated heterocycles. The predicted octanol–water partition coefficient (Wildman–Crippen LogP) is 2.15. The summed E-state index contributed by atoms with van der Waals surface area (Å²) in [7, 11) is 1.65. The lowest BCUT2D eigenvalue weighted by Gasteiger charge is -2.34. The third-order valence-electron chi connectivity index (χ3n) is 4.93. The van der Waals surface area contributed by atoms with Crippen molar-refractivity contribution in [3.8, 4) is 0 Å². The fourth-order valence-electron chi connectivity index (χ4n) is 3.32. The molecule has 0 spiro atoms. The number of ether oxygens (including phenoxy) is 1. The molecule has 0 unspecified atom stereocenters. The van der Waals surface area contributed by atoms with E-state index in [1.54, 1.807) is 20.0 Å². The van der Waals surface area contributed by atoms with Crippen LogP contribution in [0.15, 0.2) is 24.4 Å². The van der Waals surface area contributed by atoms with E-state index in [4.69, 9.17) is 16.3 Å². The van der Waals surface area contributed by atoms with Gasteiger partial charge in [-0.15, -0.1) is 0 Å². The van der Waals surface area contributed by atoms with Crippen LogP contribution in [0.25, 0.3) is 0 Å². The minimum absolute atomic E-state index is 0.207. The Hall–Kier alpha value is -2.49. The molecule has 0 bridgehead atoms. The van der Waals surface area contributed by atoms with E-state index in [2.05, 4.69) is 15.3 Å². The number of halogens is 2. The van der Waals surface area contributed by atoms with Gasteiger partial charge in [0.2, 0.25) is 5.91 Å². The van der Waals surface area contributed by atoms with Crippen LogP contribution in [-0.2, 0) is 23.1 Å². The van der Waals surface area contributed by atoms with Gasteiger partial charge in [0.1, 0.15) is 17.2 Å². The van der Waals surface area contributed by atoms with E-state index in [9.17, 15) is 14.0 Å². The van der Waals surface area contributed by atoms with Crippen LogP contribution in [0.4, 0.5) is 10.2 Å². The molecule has 8 nitrogen and oxygen atoms in total. The van der Waals surface area contributed by atoms with Gasteiger partial charge in [0.05, 0.1) is 19.3 Å². The standard InChI is InChI=1S/C20H25ClFN5O3/c1-3-30-20(29)16-11-23-25(2)19(16)24-18(28)13-27-8-6-26(7-9-27)12-14-4-5-15(22)10-17(14)21/h4-5,10-11H,3,6-9,12-13H2,1-2H3,(H,24,28). The number of benzene rings is 1. The molecule has 2 heterocycles. The first-order valence-corrected chi connectivity index (χ1v) is 10.1. The Balaban J connectivity index is 1.50. The summed E-state index contributed by atoms with van der Waals surface area (Å²) in [6.45, 7) is 5.76. The second-order valence-corrected chi connectivity index (χ2v) is 7.49. The second-order valence-electron chi connectivity index (χ2n) is 7.09. The van der Waals surface area contributed by atoms with Gasteiger partial charge in [-0.3, -0.25) is 19.3 Å². The van der Waals surface area contributed by atoms with Crippen molar-refractivity contribution >= 4 is 29.3 Å². The molecule has 162 valence electrons. The zero-order valence-electron chi connectivity index (χ0n) is 17.0. The van der Waals surface area contributed by atoms with Gasteiger partial charge >= 0.3 is 5.97 Å². The maximum atomic E-state index is 13.2. The third kappa shape index (κ3) is 5.56. The number of anilines is 1. The number of aromatic nitrogens is 2. The summed E-state index contributed by atoms with van der Waals surface area (Å²) in [6, 6.07) is 4.43. The minimum Gasteiger partial charge on any atom is -0.462 e. The molecule has 3 rings (SSSR count). The van der Waals surface area contributed by atoms with E-state index in [0.717, 1.165) is 18.7 Å². The smallest absolute Gasteiger partial charge is 0.343 e. The zero-order chi connectivity index (χ0) is 21.7. The van der Waals surface area contributed by atoms with Gasteiger partial charge in [-0.1, -0.05) is 17.7 Å². The number of piperazine rings is 1. The van der Waals surface area contributed by atoms with Gasteiger partial charge in [0.25, 0.3) is 0 Å². The number of carbonyl (C=O) groups excluding carboxylic acids is 2. The van der Waals surface area contributed by atoms with E-state index in [-0.39, 0.29) is 30.4 Å². The van der Waals surface area contributed by atoms with E-state index >= 15 is 0 Å². The number of hydrogen-bond acceptors (Lipinski definition) is 6. The number of nitrogens with one attached hydrogen (secondary N) is 1. The average molecular weight is 438 g/mol. The third-order valence-corrected chi connectivity index (χ3v) is 5.28. The van der Waals surface area contributed by atoms with Gasteiger partial charge in [-0.2, -0.15) is 5.10 Å². The van der Waals surface area contributed by atoms with E-state index in [1.165, 1.54) is 23.0 Å². The summed E-state index contributed by atoms with van der Waals surface area (Å²) in [4.78, 5) is 28.8. The molecule has 1 aliphatic rings. The molecule has 30 heavy (non-hydrogen) atoms. The van der Waals surface area contributed by atoms with E-state index < -0.39 is 5.97 Å². The first-order valence-electron chi connectivity index (χ1n) is 9.75. The Morgan fingerprint density at radius 1 is 1.23 bits per heavy atom. The summed E-state index contributed by atoms with van der Waals surface area (Å²) in [6.07, 6.45) is 1.38. The summed E-state index contributed by atoms with van der Waals surface area (Å²) >= 11 is 6.11. The minimum atomic E-state index is -0.519. The molecule has 2 aromatic rings. The molecule has 1 N–H and O–H groups in total. The molecule has 1 aromatic heterocycles. The monoisotopic (exact) mass is 437 g/mol. The largest absolute Gasteiger partial charge is 0.462 e. The Labute approximate surface area is 179 Å². The van der Waals surface area contributed by atoms with Crippen LogP contribution in [-0.4, -0.2) is 70.8 Å². The first-order chi connectivity index (χ1) is 14.4. The maximum absolute atomic E-state index is 13.2. The lowest BCUT2D eigenvalue weighted by atomic mass is 10.2. The SMILES string of the molecule is CCOC(=O)c1cnn(C)c1NC(=O)CN1CCN(Cc2ccc(F)cc2Cl)CC1. The molecular formula is C20H25ClFN5O3. The average Bonchev–Trinajstić information content (AvgIpc) is 3.06. The van der Waals surface area contributed by atoms with Crippen molar-refractivity contribution in [1.82, 2.24) is 19.6 Å². The van der Waals surface area contributed by atoms with E-state index in [0.29, 0.717) is 30.5 Å². The van der Waals surface area contributed by atoms with Crippen molar-refractivity contribution in [3.05, 3.63) is 46.4 Å².